The molecular weight excluding hydrogens is 296 g/mol. The topological polar surface area (TPSA) is 48.0 Å². The molecule has 1 aromatic carbocycles. The number of halogens is 1. The first-order chi connectivity index (χ1) is 10.3. The van der Waals surface area contributed by atoms with Gasteiger partial charge in [-0.1, -0.05) is 25.4 Å². The van der Waals surface area contributed by atoms with E-state index in [9.17, 15) is 4.79 Å². The Morgan fingerprint density at radius 3 is 2.55 bits per heavy atom. The van der Waals surface area contributed by atoms with Crippen molar-refractivity contribution in [1.29, 1.82) is 0 Å². The fraction of sp³-hybridized carbons (Fsp3) is 0.500. The Hall–Kier alpha value is -1.32. The number of carbonyl (C=O) groups is 1. The Bertz CT molecular complexity index is 686. The van der Waals surface area contributed by atoms with Crippen molar-refractivity contribution >= 4 is 28.8 Å². The van der Waals surface area contributed by atoms with Crippen LogP contribution in [0.3, 0.4) is 0 Å². The van der Waals surface area contributed by atoms with Crippen LogP contribution in [0, 0.1) is 5.92 Å². The molecule has 1 heterocycles. The van der Waals surface area contributed by atoms with E-state index in [0.717, 1.165) is 34.3 Å². The molecule has 0 aliphatic carbocycles. The van der Waals surface area contributed by atoms with Crippen molar-refractivity contribution in [2.75, 3.05) is 6.54 Å². The second-order valence-corrected chi connectivity index (χ2v) is 7.35. The maximum absolute atomic E-state index is 11.5. The van der Waals surface area contributed by atoms with Crippen LogP contribution in [0.5, 0.6) is 0 Å². The molecule has 0 bridgehead atoms. The minimum Gasteiger partial charge on any atom is -0.342 e. The van der Waals surface area contributed by atoms with Crippen LogP contribution < -0.4 is 5.73 Å². The number of fused-ring (bicyclic) bond motifs is 1. The van der Waals surface area contributed by atoms with Crippen molar-refractivity contribution in [2.24, 2.45) is 11.7 Å². The second kappa shape index (κ2) is 6.43. The highest BCUT2D eigenvalue weighted by Gasteiger charge is 2.26. The molecule has 0 amide bonds. The van der Waals surface area contributed by atoms with Crippen molar-refractivity contribution in [3.05, 3.63) is 34.5 Å². The highest BCUT2D eigenvalue weighted by Crippen LogP contribution is 2.33. The second-order valence-electron chi connectivity index (χ2n) is 6.91. The predicted octanol–water partition coefficient (Wildman–Crippen LogP) is 3.93. The smallest absolute Gasteiger partial charge is 0.131 e. The first-order valence-corrected chi connectivity index (χ1v) is 8.16. The molecule has 0 unspecified atom stereocenters. The van der Waals surface area contributed by atoms with E-state index in [-0.39, 0.29) is 0 Å². The Labute approximate surface area is 137 Å². The number of hydrogen-bond acceptors (Lipinski definition) is 2. The van der Waals surface area contributed by atoms with E-state index in [2.05, 4.69) is 24.5 Å². The molecule has 0 fully saturated rings. The molecule has 0 radical (unpaired) electrons. The van der Waals surface area contributed by atoms with Gasteiger partial charge in [0.05, 0.1) is 10.9 Å². The number of aldehydes is 1. The van der Waals surface area contributed by atoms with Crippen LogP contribution in [0.2, 0.25) is 5.02 Å². The first kappa shape index (κ1) is 17.0. The Balaban J connectivity index is 2.78. The third kappa shape index (κ3) is 3.21. The monoisotopic (exact) mass is 320 g/mol. The lowest BCUT2D eigenvalue weighted by Gasteiger charge is -2.21. The van der Waals surface area contributed by atoms with Gasteiger partial charge in [-0.15, -0.1) is 0 Å². The number of rotatable bonds is 6. The fourth-order valence-electron chi connectivity index (χ4n) is 3.01. The van der Waals surface area contributed by atoms with E-state index < -0.39 is 5.41 Å². The highest BCUT2D eigenvalue weighted by molar-refractivity contribution is 6.31. The van der Waals surface area contributed by atoms with Crippen molar-refractivity contribution in [3.8, 4) is 0 Å². The Kier molecular flexibility index (Phi) is 4.98. The molecule has 0 atom stereocenters. The summed E-state index contributed by atoms with van der Waals surface area (Å²) in [6, 6.07) is 6.09. The molecule has 4 heteroatoms. The van der Waals surface area contributed by atoms with Crippen LogP contribution in [0.25, 0.3) is 10.9 Å². The molecule has 0 aliphatic rings. The lowest BCUT2D eigenvalue weighted by Crippen LogP contribution is -2.25. The van der Waals surface area contributed by atoms with Gasteiger partial charge in [0.1, 0.15) is 6.29 Å². The summed E-state index contributed by atoms with van der Waals surface area (Å²) in [4.78, 5) is 11.5. The van der Waals surface area contributed by atoms with Gasteiger partial charge in [0.2, 0.25) is 0 Å². The van der Waals surface area contributed by atoms with Crippen LogP contribution in [-0.4, -0.2) is 17.4 Å². The summed E-state index contributed by atoms with van der Waals surface area (Å²) < 4.78 is 2.19. The van der Waals surface area contributed by atoms with Crippen molar-refractivity contribution in [3.63, 3.8) is 0 Å². The van der Waals surface area contributed by atoms with Gasteiger partial charge in [0.15, 0.2) is 0 Å². The van der Waals surface area contributed by atoms with E-state index >= 15 is 0 Å². The molecule has 0 saturated heterocycles. The zero-order chi connectivity index (χ0) is 16.5. The van der Waals surface area contributed by atoms with Crippen LogP contribution in [0.15, 0.2) is 18.2 Å². The quantitative estimate of drug-likeness (QED) is 0.820. The fourth-order valence-corrected chi connectivity index (χ4v) is 3.26. The van der Waals surface area contributed by atoms with E-state index in [4.69, 9.17) is 17.3 Å². The van der Waals surface area contributed by atoms with Gasteiger partial charge in [-0.3, -0.25) is 0 Å². The summed E-state index contributed by atoms with van der Waals surface area (Å²) in [7, 11) is 0. The molecule has 2 N–H and O–H groups in total. The maximum atomic E-state index is 11.5. The molecule has 120 valence electrons. The molecule has 22 heavy (non-hydrogen) atoms. The molecule has 0 aliphatic heterocycles. The average Bonchev–Trinajstić information content (AvgIpc) is 2.78. The van der Waals surface area contributed by atoms with Gasteiger partial charge in [-0.25, -0.2) is 0 Å². The van der Waals surface area contributed by atoms with E-state index in [1.165, 1.54) is 5.56 Å². The third-order valence-electron chi connectivity index (χ3n) is 3.97. The highest BCUT2D eigenvalue weighted by atomic mass is 35.5. The normalized spacial score (nSPS) is 12.3. The largest absolute Gasteiger partial charge is 0.342 e. The van der Waals surface area contributed by atoms with Gasteiger partial charge in [-0.2, -0.15) is 0 Å². The molecule has 0 saturated carbocycles. The number of nitrogens with two attached hydrogens (primary N) is 1. The summed E-state index contributed by atoms with van der Waals surface area (Å²) >= 11 is 6.29. The van der Waals surface area contributed by atoms with Crippen LogP contribution in [0.1, 0.15) is 39.0 Å². The third-order valence-corrected chi connectivity index (χ3v) is 4.19. The summed E-state index contributed by atoms with van der Waals surface area (Å²) in [5.74, 6) is 0.533. The summed E-state index contributed by atoms with van der Waals surface area (Å²) in [5, 5.41) is 1.82. The standard InChI is InChI=1S/C18H25ClN2O/c1-12(2)7-13-8-15(19)9-14-10-16(18(3,4)11-22)21(6-5-20)17(13)14/h8-12H,5-7,20H2,1-4H3. The minimum atomic E-state index is -0.546. The zero-order valence-corrected chi connectivity index (χ0v) is 14.6. The average molecular weight is 321 g/mol. The summed E-state index contributed by atoms with van der Waals surface area (Å²) in [6.07, 6.45) is 1.95. The lowest BCUT2D eigenvalue weighted by molar-refractivity contribution is -0.111. The van der Waals surface area contributed by atoms with E-state index in [1.54, 1.807) is 0 Å². The van der Waals surface area contributed by atoms with Crippen LogP contribution in [0.4, 0.5) is 0 Å². The van der Waals surface area contributed by atoms with Crippen molar-refractivity contribution in [2.45, 2.75) is 46.1 Å². The van der Waals surface area contributed by atoms with E-state index in [0.29, 0.717) is 19.0 Å². The van der Waals surface area contributed by atoms with Crippen LogP contribution >= 0.6 is 11.6 Å². The number of hydrogen-bond donors (Lipinski definition) is 1. The first-order valence-electron chi connectivity index (χ1n) is 7.78. The minimum absolute atomic E-state index is 0.533. The zero-order valence-electron chi connectivity index (χ0n) is 13.8. The van der Waals surface area contributed by atoms with Crippen molar-refractivity contribution < 1.29 is 4.79 Å². The molecule has 2 rings (SSSR count). The van der Waals surface area contributed by atoms with E-state index in [1.807, 2.05) is 26.0 Å². The SMILES string of the molecule is CC(C)Cc1cc(Cl)cc2cc(C(C)(C)C=O)n(CCN)c12. The number of aromatic nitrogens is 1. The number of nitrogens with zero attached hydrogens (tertiary/aromatic N) is 1. The maximum Gasteiger partial charge on any atom is 0.131 e. The van der Waals surface area contributed by atoms with Gasteiger partial charge in [0, 0.05) is 29.2 Å². The Morgan fingerprint density at radius 1 is 1.32 bits per heavy atom. The van der Waals surface area contributed by atoms with Gasteiger partial charge < -0.3 is 15.1 Å². The molecular formula is C18H25ClN2O. The molecule has 0 spiro atoms. The lowest BCUT2D eigenvalue weighted by atomic mass is 9.91. The molecule has 1 aromatic heterocycles. The number of benzene rings is 1. The number of carbonyl (C=O) groups excluding carboxylic acids is 1. The Morgan fingerprint density at radius 2 is 2.00 bits per heavy atom. The van der Waals surface area contributed by atoms with Gasteiger partial charge in [-0.05, 0) is 49.9 Å². The van der Waals surface area contributed by atoms with Crippen LogP contribution in [-0.2, 0) is 23.2 Å². The van der Waals surface area contributed by atoms with Gasteiger partial charge >= 0.3 is 0 Å². The predicted molar refractivity (Wildman–Crippen MR) is 93.6 cm³/mol. The summed E-state index contributed by atoms with van der Waals surface area (Å²) in [5.41, 5.74) is 8.64. The van der Waals surface area contributed by atoms with Crippen molar-refractivity contribution in [1.82, 2.24) is 4.57 Å². The molecule has 3 nitrogen and oxygen atoms in total. The van der Waals surface area contributed by atoms with Gasteiger partial charge in [0.25, 0.3) is 0 Å². The summed E-state index contributed by atoms with van der Waals surface area (Å²) in [6.45, 7) is 9.49. The molecule has 2 aromatic rings.